The average molecular weight is 542 g/mol. The molecule has 2 bridgehead atoms. The maximum atomic E-state index is 13.9. The van der Waals surface area contributed by atoms with Crippen molar-refractivity contribution in [3.8, 4) is 11.3 Å². The highest BCUT2D eigenvalue weighted by Crippen LogP contribution is 2.40. The van der Waals surface area contributed by atoms with E-state index in [2.05, 4.69) is 34.5 Å². The third-order valence-electron chi connectivity index (χ3n) is 8.80. The molecule has 8 heteroatoms. The fourth-order valence-electron chi connectivity index (χ4n) is 6.58. The lowest BCUT2D eigenvalue weighted by atomic mass is 9.82. The van der Waals surface area contributed by atoms with Crippen LogP contribution in [0.25, 0.3) is 11.3 Å². The number of carbonyl (C=O) groups is 1. The molecule has 6 heterocycles. The third-order valence-corrected chi connectivity index (χ3v) is 9.88. The molecule has 1 unspecified atom stereocenters. The number of nitrogens with zero attached hydrogens (tertiary/aromatic N) is 3. The minimum absolute atomic E-state index is 0. The minimum Gasteiger partial charge on any atom is -1.00 e. The molecule has 37 heavy (non-hydrogen) atoms. The number of esters is 1. The Morgan fingerprint density at radius 3 is 2.59 bits per heavy atom. The summed E-state index contributed by atoms with van der Waals surface area (Å²) in [5.74, 6) is 1.20. The zero-order chi connectivity index (χ0) is 24.6. The lowest BCUT2D eigenvalue weighted by Crippen LogP contribution is -3.00. The lowest BCUT2D eigenvalue weighted by Gasteiger charge is -2.52. The molecule has 4 fully saturated rings. The summed E-state index contributed by atoms with van der Waals surface area (Å²) >= 11 is 1.67. The van der Waals surface area contributed by atoms with Crippen LogP contribution in [-0.4, -0.2) is 59.3 Å². The Labute approximate surface area is 229 Å². The number of halogens is 1. The third kappa shape index (κ3) is 5.11. The number of piperidine rings is 4. The van der Waals surface area contributed by atoms with Crippen molar-refractivity contribution in [1.82, 2.24) is 10.1 Å². The highest BCUT2D eigenvalue weighted by atomic mass is 35.5. The van der Waals surface area contributed by atoms with Crippen LogP contribution in [0, 0.1) is 5.92 Å². The van der Waals surface area contributed by atoms with Gasteiger partial charge in [-0.25, -0.2) is 4.79 Å². The molecule has 0 N–H and O–H groups in total. The Balaban J connectivity index is 0.00000280. The summed E-state index contributed by atoms with van der Waals surface area (Å²) in [6, 6.07) is 16.4. The van der Waals surface area contributed by atoms with E-state index in [4.69, 9.17) is 9.26 Å². The first-order valence-corrected chi connectivity index (χ1v) is 14.3. The topological polar surface area (TPSA) is 55.6 Å². The van der Waals surface area contributed by atoms with E-state index < -0.39 is 5.54 Å². The van der Waals surface area contributed by atoms with Crippen molar-refractivity contribution in [3.05, 3.63) is 64.5 Å². The second kappa shape index (κ2) is 10.9. The van der Waals surface area contributed by atoms with Crippen molar-refractivity contribution < 1.29 is 30.9 Å². The van der Waals surface area contributed by atoms with Gasteiger partial charge in [-0.1, -0.05) is 48.0 Å². The molecule has 0 amide bonds. The average Bonchev–Trinajstić information content (AvgIpc) is 3.63. The molecule has 0 aliphatic carbocycles. The number of ether oxygens (including phenoxy) is 1. The van der Waals surface area contributed by atoms with Gasteiger partial charge in [0.05, 0.1) is 13.1 Å². The Bertz CT molecular complexity index is 1170. The predicted octanol–water partition coefficient (Wildman–Crippen LogP) is 2.46. The van der Waals surface area contributed by atoms with Crippen molar-refractivity contribution in [2.45, 2.75) is 57.2 Å². The normalized spacial score (nSPS) is 27.3. The monoisotopic (exact) mass is 541 g/mol. The van der Waals surface area contributed by atoms with Gasteiger partial charge in [0.25, 0.3) is 0 Å². The van der Waals surface area contributed by atoms with Gasteiger partial charge in [0.2, 0.25) is 0 Å². The second-order valence-electron chi connectivity index (χ2n) is 11.1. The van der Waals surface area contributed by atoms with Crippen molar-refractivity contribution in [1.29, 1.82) is 0 Å². The molecule has 4 saturated heterocycles. The first-order chi connectivity index (χ1) is 17.6. The summed E-state index contributed by atoms with van der Waals surface area (Å²) in [5.41, 5.74) is 1.32. The predicted molar refractivity (Wildman–Crippen MR) is 140 cm³/mol. The summed E-state index contributed by atoms with van der Waals surface area (Å²) in [4.78, 5) is 17.4. The van der Waals surface area contributed by atoms with E-state index in [1.165, 1.54) is 6.42 Å². The zero-order valence-corrected chi connectivity index (χ0v) is 23.1. The summed E-state index contributed by atoms with van der Waals surface area (Å²) in [5, 5.41) is 6.48. The van der Waals surface area contributed by atoms with E-state index in [1.807, 2.05) is 36.4 Å². The van der Waals surface area contributed by atoms with Gasteiger partial charge < -0.3 is 26.2 Å². The quantitative estimate of drug-likeness (QED) is 0.340. The molecule has 4 aliphatic heterocycles. The largest absolute Gasteiger partial charge is 1.00 e. The molecule has 3 aromatic rings. The van der Waals surface area contributed by atoms with Crippen LogP contribution in [-0.2, 0) is 21.6 Å². The Kier molecular flexibility index (Phi) is 7.78. The summed E-state index contributed by atoms with van der Waals surface area (Å²) in [7, 11) is 0. The van der Waals surface area contributed by atoms with Crippen LogP contribution in [0.2, 0.25) is 0 Å². The number of carbonyl (C=O) groups excluding carboxylic acids is 1. The van der Waals surface area contributed by atoms with Crippen LogP contribution in [0.15, 0.2) is 58.4 Å². The standard InChI is InChI=1S/C29H36N3O3S.ClH/c1-29(27-11-8-18-36-27,31-14-6-3-7-15-31)28(33)34-26-21-32(16-12-23(26)13-17-32)20-24-19-25(35-30-24)22-9-4-2-5-10-22;/h2,4-5,8-11,18-19,23,26H,3,6-7,12-17,20-21H2,1H3;1H/q+1;/p-1/t23?,26-,29?,32?;/m0./s1. The number of benzene rings is 1. The first-order valence-electron chi connectivity index (χ1n) is 13.4. The van der Waals surface area contributed by atoms with E-state index in [1.54, 1.807) is 11.3 Å². The van der Waals surface area contributed by atoms with Crippen molar-refractivity contribution in [3.63, 3.8) is 0 Å². The number of thiophene rings is 1. The highest BCUT2D eigenvalue weighted by Gasteiger charge is 2.51. The molecule has 0 spiro atoms. The number of aromatic nitrogens is 1. The van der Waals surface area contributed by atoms with E-state index in [0.29, 0.717) is 5.92 Å². The van der Waals surface area contributed by atoms with Crippen molar-refractivity contribution in [2.24, 2.45) is 5.92 Å². The van der Waals surface area contributed by atoms with Crippen LogP contribution in [0.3, 0.4) is 0 Å². The number of fused-ring (bicyclic) bond motifs is 3. The van der Waals surface area contributed by atoms with Gasteiger partial charge in [0, 0.05) is 35.3 Å². The molecular formula is C29H36ClN3O3S. The zero-order valence-electron chi connectivity index (χ0n) is 21.5. The van der Waals surface area contributed by atoms with Crippen LogP contribution >= 0.6 is 11.3 Å². The molecule has 6 nitrogen and oxygen atoms in total. The Morgan fingerprint density at radius 1 is 1.14 bits per heavy atom. The van der Waals surface area contributed by atoms with E-state index >= 15 is 0 Å². The molecule has 2 atom stereocenters. The molecule has 1 aromatic carbocycles. The van der Waals surface area contributed by atoms with Crippen LogP contribution in [0.1, 0.15) is 49.6 Å². The van der Waals surface area contributed by atoms with Crippen molar-refractivity contribution in [2.75, 3.05) is 32.7 Å². The molecule has 198 valence electrons. The second-order valence-corrected chi connectivity index (χ2v) is 12.0. The summed E-state index contributed by atoms with van der Waals surface area (Å²) in [6.45, 7) is 7.90. The molecule has 0 radical (unpaired) electrons. The lowest BCUT2D eigenvalue weighted by molar-refractivity contribution is -0.958. The maximum absolute atomic E-state index is 13.9. The fraction of sp³-hybridized carbons (Fsp3) is 0.517. The van der Waals surface area contributed by atoms with Crippen molar-refractivity contribution >= 4 is 17.3 Å². The number of rotatable bonds is 7. The van der Waals surface area contributed by atoms with Gasteiger partial charge in [-0.2, -0.15) is 0 Å². The first kappa shape index (κ1) is 26.4. The van der Waals surface area contributed by atoms with Gasteiger partial charge >= 0.3 is 5.97 Å². The van der Waals surface area contributed by atoms with Crippen LogP contribution in [0.5, 0.6) is 0 Å². The van der Waals surface area contributed by atoms with E-state index in [-0.39, 0.29) is 24.5 Å². The Hall–Kier alpha value is -2.19. The number of hydrogen-bond acceptors (Lipinski definition) is 6. The van der Waals surface area contributed by atoms with Gasteiger partial charge in [-0.3, -0.25) is 4.90 Å². The van der Waals surface area contributed by atoms with E-state index in [0.717, 1.165) is 91.3 Å². The number of likely N-dealkylation sites (tertiary alicyclic amines) is 1. The molecule has 7 rings (SSSR count). The fourth-order valence-corrected chi connectivity index (χ4v) is 7.48. The van der Waals surface area contributed by atoms with E-state index in [9.17, 15) is 4.79 Å². The minimum atomic E-state index is -0.706. The van der Waals surface area contributed by atoms with Gasteiger partial charge in [-0.15, -0.1) is 11.3 Å². The number of quaternary nitrogens is 1. The summed E-state index contributed by atoms with van der Waals surface area (Å²) in [6.07, 6.45) is 5.68. The highest BCUT2D eigenvalue weighted by molar-refractivity contribution is 7.10. The van der Waals surface area contributed by atoms with Crippen LogP contribution < -0.4 is 12.4 Å². The van der Waals surface area contributed by atoms with Gasteiger partial charge in [-0.05, 0) is 44.3 Å². The SMILES string of the molecule is CC(C(=O)O[C@H]1C[N+]2(Cc3cc(-c4ccccc4)on3)CCC1CC2)(c1cccs1)N1CCCCC1.[Cl-]. The van der Waals surface area contributed by atoms with Crippen LogP contribution in [0.4, 0.5) is 0 Å². The molecule has 2 aromatic heterocycles. The molecular weight excluding hydrogens is 506 g/mol. The molecule has 0 saturated carbocycles. The van der Waals surface area contributed by atoms with Gasteiger partial charge in [0.1, 0.15) is 18.8 Å². The smallest absolute Gasteiger partial charge is 0.332 e. The summed E-state index contributed by atoms with van der Waals surface area (Å²) < 4.78 is 13.1. The molecule has 4 aliphatic rings. The maximum Gasteiger partial charge on any atom is 0.332 e. The number of hydrogen-bond donors (Lipinski definition) is 0. The van der Waals surface area contributed by atoms with Gasteiger partial charge in [0.15, 0.2) is 17.4 Å². The Morgan fingerprint density at radius 2 is 1.89 bits per heavy atom.